The maximum Gasteiger partial charge on any atom is 0.0991 e. The van der Waals surface area contributed by atoms with Crippen molar-refractivity contribution in [1.29, 1.82) is 5.26 Å². The fraction of sp³-hybridized carbons (Fsp3) is 0.0161. The van der Waals surface area contributed by atoms with Crippen LogP contribution in [0.3, 0.4) is 0 Å². The van der Waals surface area contributed by atoms with Crippen molar-refractivity contribution in [2.75, 3.05) is 5.32 Å². The number of rotatable bonds is 6. The lowest BCUT2D eigenvalue weighted by molar-refractivity contribution is 0.794. The summed E-state index contributed by atoms with van der Waals surface area (Å²) in [5.74, 6) is 0. The molecule has 2 aliphatic carbocycles. The van der Waals surface area contributed by atoms with Crippen molar-refractivity contribution in [3.8, 4) is 67.4 Å². The van der Waals surface area contributed by atoms with Gasteiger partial charge < -0.3 is 9.88 Å². The first-order valence-electron chi connectivity index (χ1n) is 22.2. The van der Waals surface area contributed by atoms with E-state index in [0.717, 1.165) is 50.3 Å². The van der Waals surface area contributed by atoms with Gasteiger partial charge in [-0.25, -0.2) is 0 Å². The van der Waals surface area contributed by atoms with Crippen molar-refractivity contribution in [3.05, 3.63) is 258 Å². The molecule has 1 N–H and O–H groups in total. The summed E-state index contributed by atoms with van der Waals surface area (Å²) in [4.78, 5) is 0. The van der Waals surface area contributed by atoms with Gasteiger partial charge in [-0.2, -0.15) is 5.26 Å². The molecular weight excluding hydrogens is 787 g/mol. The molecule has 302 valence electrons. The van der Waals surface area contributed by atoms with Crippen LogP contribution in [0.4, 0.5) is 11.4 Å². The highest BCUT2D eigenvalue weighted by molar-refractivity contribution is 6.12. The number of nitrogens with one attached hydrogen (secondary N) is 1. The number of hydrogen-bond acceptors (Lipinski definition) is 2. The topological polar surface area (TPSA) is 40.8 Å². The lowest BCUT2D eigenvalue weighted by atomic mass is 9.70. The summed E-state index contributed by atoms with van der Waals surface area (Å²) in [6.07, 6.45) is 0. The van der Waals surface area contributed by atoms with Gasteiger partial charge in [-0.3, -0.25) is 0 Å². The number of anilines is 2. The fourth-order valence-corrected chi connectivity index (χ4v) is 11.0. The zero-order chi connectivity index (χ0) is 43.1. The van der Waals surface area contributed by atoms with E-state index in [-0.39, 0.29) is 0 Å². The molecule has 0 unspecified atom stereocenters. The standard InChI is InChI=1S/C62H39N3/c63-39-40-25-30-47(31-26-40)65-60-33-28-42(41-13-12-14-45(35-41)48-17-7-11-24-59(48)64-46-15-2-1-3-16-46)36-53(60)54-37-43(29-34-61(54)65)44-27-32-52-51-20-6-10-23-57(51)62(58(52)38-44)55-21-8-4-18-49(55)50-19-5-9-22-56(50)62/h1-38,64H. The Bertz CT molecular complexity index is 3690. The predicted octanol–water partition coefficient (Wildman–Crippen LogP) is 15.7. The van der Waals surface area contributed by atoms with Crippen LogP contribution in [0.1, 0.15) is 27.8 Å². The average Bonchev–Trinajstić information content (AvgIpc) is 3.98. The monoisotopic (exact) mass is 825 g/mol. The van der Waals surface area contributed by atoms with Crippen molar-refractivity contribution in [1.82, 2.24) is 4.57 Å². The van der Waals surface area contributed by atoms with Gasteiger partial charge in [0, 0.05) is 33.4 Å². The normalized spacial score (nSPS) is 12.7. The van der Waals surface area contributed by atoms with E-state index in [2.05, 4.69) is 228 Å². The number of fused-ring (bicyclic) bond motifs is 13. The van der Waals surface area contributed by atoms with Gasteiger partial charge in [0.05, 0.1) is 28.1 Å². The van der Waals surface area contributed by atoms with E-state index in [1.165, 1.54) is 66.4 Å². The van der Waals surface area contributed by atoms with Crippen LogP contribution in [-0.2, 0) is 5.41 Å². The van der Waals surface area contributed by atoms with Gasteiger partial charge in [0.25, 0.3) is 0 Å². The number of nitrogens with zero attached hydrogens (tertiary/aromatic N) is 2. The number of aromatic nitrogens is 1. The molecule has 0 saturated heterocycles. The molecule has 3 nitrogen and oxygen atoms in total. The molecule has 10 aromatic carbocycles. The van der Waals surface area contributed by atoms with E-state index in [4.69, 9.17) is 0 Å². The van der Waals surface area contributed by atoms with Crippen molar-refractivity contribution >= 4 is 33.2 Å². The summed E-state index contributed by atoms with van der Waals surface area (Å²) in [5.41, 5.74) is 23.1. The highest BCUT2D eigenvalue weighted by Crippen LogP contribution is 2.63. The second-order valence-corrected chi connectivity index (χ2v) is 17.2. The molecule has 1 heterocycles. The maximum atomic E-state index is 9.67. The Morgan fingerprint density at radius 1 is 0.369 bits per heavy atom. The molecule has 0 radical (unpaired) electrons. The van der Waals surface area contributed by atoms with Crippen LogP contribution in [0, 0.1) is 11.3 Å². The molecule has 0 aliphatic heterocycles. The lowest BCUT2D eigenvalue weighted by Crippen LogP contribution is -2.25. The first kappa shape index (κ1) is 36.9. The van der Waals surface area contributed by atoms with Crippen molar-refractivity contribution in [2.24, 2.45) is 0 Å². The van der Waals surface area contributed by atoms with Crippen LogP contribution >= 0.6 is 0 Å². The zero-order valence-electron chi connectivity index (χ0n) is 35.3. The van der Waals surface area contributed by atoms with E-state index in [1.54, 1.807) is 0 Å². The number of para-hydroxylation sites is 2. The molecule has 65 heavy (non-hydrogen) atoms. The Hall–Kier alpha value is -8.71. The van der Waals surface area contributed by atoms with Gasteiger partial charge in [0.2, 0.25) is 0 Å². The van der Waals surface area contributed by atoms with E-state index >= 15 is 0 Å². The lowest BCUT2D eigenvalue weighted by Gasteiger charge is -2.30. The van der Waals surface area contributed by atoms with Gasteiger partial charge in [-0.1, -0.05) is 152 Å². The first-order valence-corrected chi connectivity index (χ1v) is 22.2. The first-order chi connectivity index (χ1) is 32.2. The van der Waals surface area contributed by atoms with Crippen LogP contribution in [0.5, 0.6) is 0 Å². The smallest absolute Gasteiger partial charge is 0.0991 e. The summed E-state index contributed by atoms with van der Waals surface area (Å²) in [5, 5.41) is 15.7. The molecule has 0 fully saturated rings. The van der Waals surface area contributed by atoms with Gasteiger partial charge in [0.1, 0.15) is 0 Å². The minimum Gasteiger partial charge on any atom is -0.355 e. The van der Waals surface area contributed by atoms with Crippen molar-refractivity contribution < 1.29 is 0 Å². The summed E-state index contributed by atoms with van der Waals surface area (Å²) in [6, 6.07) is 85.8. The summed E-state index contributed by atoms with van der Waals surface area (Å²) in [7, 11) is 0. The SMILES string of the molecule is N#Cc1ccc(-n2c3ccc(-c4cccc(-c5ccccc5Nc5ccccc5)c4)cc3c3cc(-c4ccc5c(c4)C4(c6ccccc6-c6ccccc64)c4ccccc4-5)ccc32)cc1. The van der Waals surface area contributed by atoms with Crippen LogP contribution in [0.2, 0.25) is 0 Å². The molecule has 0 amide bonds. The molecular formula is C62H39N3. The van der Waals surface area contributed by atoms with Crippen molar-refractivity contribution in [3.63, 3.8) is 0 Å². The highest BCUT2D eigenvalue weighted by Gasteiger charge is 2.51. The van der Waals surface area contributed by atoms with E-state index < -0.39 is 5.41 Å². The third-order valence-corrected chi connectivity index (χ3v) is 13.8. The molecule has 0 atom stereocenters. The summed E-state index contributed by atoms with van der Waals surface area (Å²) >= 11 is 0. The Morgan fingerprint density at radius 2 is 0.862 bits per heavy atom. The molecule has 13 rings (SSSR count). The van der Waals surface area contributed by atoms with Crippen LogP contribution < -0.4 is 5.32 Å². The van der Waals surface area contributed by atoms with Crippen LogP contribution in [-0.4, -0.2) is 4.57 Å². The second kappa shape index (κ2) is 14.4. The third-order valence-electron chi connectivity index (χ3n) is 13.8. The molecule has 2 aliphatic rings. The quantitative estimate of drug-likeness (QED) is 0.181. The number of nitriles is 1. The van der Waals surface area contributed by atoms with E-state index in [1.807, 2.05) is 18.2 Å². The molecule has 1 spiro atoms. The molecule has 11 aromatic rings. The Morgan fingerprint density at radius 3 is 1.48 bits per heavy atom. The Kier molecular flexibility index (Phi) is 8.19. The van der Waals surface area contributed by atoms with E-state index in [9.17, 15) is 5.26 Å². The Balaban J connectivity index is 0.981. The minimum absolute atomic E-state index is 0.410. The molecule has 0 bridgehead atoms. The highest BCUT2D eigenvalue weighted by atomic mass is 15.0. The molecule has 0 saturated carbocycles. The predicted molar refractivity (Wildman–Crippen MR) is 268 cm³/mol. The number of hydrogen-bond donors (Lipinski definition) is 1. The molecule has 1 aromatic heterocycles. The minimum atomic E-state index is -0.410. The van der Waals surface area contributed by atoms with Gasteiger partial charge in [0.15, 0.2) is 0 Å². The van der Waals surface area contributed by atoms with Crippen LogP contribution in [0.25, 0.3) is 83.1 Å². The maximum absolute atomic E-state index is 9.67. The average molecular weight is 826 g/mol. The van der Waals surface area contributed by atoms with Gasteiger partial charge in [-0.05, 0) is 151 Å². The van der Waals surface area contributed by atoms with Crippen LogP contribution in [0.15, 0.2) is 231 Å². The molecule has 3 heteroatoms. The second-order valence-electron chi connectivity index (χ2n) is 17.2. The van der Waals surface area contributed by atoms with E-state index in [0.29, 0.717) is 5.56 Å². The van der Waals surface area contributed by atoms with Gasteiger partial charge in [-0.15, -0.1) is 0 Å². The fourth-order valence-electron chi connectivity index (χ4n) is 11.0. The largest absolute Gasteiger partial charge is 0.355 e. The Labute approximate surface area is 377 Å². The number of benzene rings is 10. The van der Waals surface area contributed by atoms with Crippen molar-refractivity contribution in [2.45, 2.75) is 5.41 Å². The van der Waals surface area contributed by atoms with Gasteiger partial charge >= 0.3 is 0 Å². The summed E-state index contributed by atoms with van der Waals surface area (Å²) in [6.45, 7) is 0. The summed E-state index contributed by atoms with van der Waals surface area (Å²) < 4.78 is 2.34. The third kappa shape index (κ3) is 5.54. The zero-order valence-corrected chi connectivity index (χ0v) is 35.3.